The number of carbonyl (C=O) groups is 2. The van der Waals surface area contributed by atoms with Crippen molar-refractivity contribution in [1.82, 2.24) is 20.1 Å². The van der Waals surface area contributed by atoms with Gasteiger partial charge in [-0.3, -0.25) is 4.98 Å². The predicted octanol–water partition coefficient (Wildman–Crippen LogP) is 1.98. The molecule has 0 radical (unpaired) electrons. The Labute approximate surface area is 188 Å². The van der Waals surface area contributed by atoms with Gasteiger partial charge in [0.2, 0.25) is 9.84 Å². The van der Waals surface area contributed by atoms with Gasteiger partial charge in [-0.05, 0) is 38.2 Å². The molecule has 0 unspecified atom stereocenters. The molecule has 3 aromatic rings. The van der Waals surface area contributed by atoms with Gasteiger partial charge in [-0.25, -0.2) is 27.1 Å². The number of nitrogens with one attached hydrogen (secondary N) is 1. The number of hydrogen-bond acceptors (Lipinski definition) is 7. The Morgan fingerprint density at radius 2 is 1.82 bits per heavy atom. The molecule has 0 spiro atoms. The Balaban J connectivity index is 0.000000414. The summed E-state index contributed by atoms with van der Waals surface area (Å²) in [4.78, 5) is 23.0. The van der Waals surface area contributed by atoms with Crippen LogP contribution in [0.25, 0.3) is 5.69 Å². The Kier molecular flexibility index (Phi) is 8.54. The monoisotopic (exact) mass is 476 g/mol. The standard InChI is InChI=1S/C17H17FN4O2S.C4H4O4/c1-12-15(18)6-3-7-16(12)22-17(9-13(21-22)10-19-2)25(23,24)14-5-4-8-20-11-14;5-3(6)1-2-4(7)8/h3-9,11,19H,10H2,1-2H3;1-2H,(H,5,6)(H,7,8). The molecule has 0 saturated carbocycles. The summed E-state index contributed by atoms with van der Waals surface area (Å²) in [6.45, 7) is 1.97. The van der Waals surface area contributed by atoms with Crippen LogP contribution in [0.3, 0.4) is 0 Å². The number of aliphatic carboxylic acids is 2. The normalized spacial score (nSPS) is 11.1. The van der Waals surface area contributed by atoms with Crippen LogP contribution in [-0.2, 0) is 26.0 Å². The second-order valence-corrected chi connectivity index (χ2v) is 8.40. The average Bonchev–Trinajstić information content (AvgIpc) is 3.20. The molecule has 1 aromatic carbocycles. The quantitative estimate of drug-likeness (QED) is 0.435. The lowest BCUT2D eigenvalue weighted by molar-refractivity contribution is -0.134. The van der Waals surface area contributed by atoms with Gasteiger partial charge in [0, 0.05) is 42.7 Å². The second-order valence-electron chi connectivity index (χ2n) is 6.50. The van der Waals surface area contributed by atoms with Crippen molar-refractivity contribution >= 4 is 21.8 Å². The number of benzene rings is 1. The molecule has 10 nitrogen and oxygen atoms in total. The number of carboxylic acids is 2. The lowest BCUT2D eigenvalue weighted by atomic mass is 10.2. The van der Waals surface area contributed by atoms with E-state index in [2.05, 4.69) is 15.4 Å². The maximum Gasteiger partial charge on any atom is 0.328 e. The third-order valence-electron chi connectivity index (χ3n) is 4.14. The predicted molar refractivity (Wildman–Crippen MR) is 115 cm³/mol. The first kappa shape index (κ1) is 25.4. The van der Waals surface area contributed by atoms with Gasteiger partial charge in [0.15, 0.2) is 5.03 Å². The van der Waals surface area contributed by atoms with Gasteiger partial charge >= 0.3 is 11.9 Å². The summed E-state index contributed by atoms with van der Waals surface area (Å²) in [6, 6.07) is 9.00. The zero-order valence-electron chi connectivity index (χ0n) is 17.6. The SMILES string of the molecule is CNCc1cc(S(=O)(=O)c2cccnc2)n(-c2cccc(F)c2C)n1.O=C(O)C=CC(=O)O. The van der Waals surface area contributed by atoms with E-state index >= 15 is 0 Å². The molecule has 0 aliphatic rings. The molecular weight excluding hydrogens is 455 g/mol. The number of carboxylic acid groups (broad SMARTS) is 2. The van der Waals surface area contributed by atoms with Gasteiger partial charge in [0.05, 0.1) is 16.3 Å². The highest BCUT2D eigenvalue weighted by atomic mass is 32.2. The summed E-state index contributed by atoms with van der Waals surface area (Å²) >= 11 is 0. The van der Waals surface area contributed by atoms with Gasteiger partial charge in [0.1, 0.15) is 5.82 Å². The summed E-state index contributed by atoms with van der Waals surface area (Å²) in [5.41, 5.74) is 1.24. The van der Waals surface area contributed by atoms with Crippen molar-refractivity contribution in [2.45, 2.75) is 23.4 Å². The fourth-order valence-electron chi connectivity index (χ4n) is 2.64. The fourth-order valence-corrected chi connectivity index (χ4v) is 3.99. The van der Waals surface area contributed by atoms with Crippen LogP contribution in [-0.4, -0.2) is 52.4 Å². The van der Waals surface area contributed by atoms with E-state index in [9.17, 15) is 22.4 Å². The molecule has 0 aliphatic heterocycles. The van der Waals surface area contributed by atoms with E-state index in [1.807, 2.05) is 0 Å². The number of aromatic nitrogens is 3. The molecule has 33 heavy (non-hydrogen) atoms. The van der Waals surface area contributed by atoms with Crippen molar-refractivity contribution in [3.8, 4) is 5.69 Å². The van der Waals surface area contributed by atoms with E-state index < -0.39 is 27.6 Å². The third-order valence-corrected chi connectivity index (χ3v) is 5.84. The van der Waals surface area contributed by atoms with E-state index in [0.717, 1.165) is 0 Å². The number of nitrogens with zero attached hydrogens (tertiary/aromatic N) is 3. The molecule has 12 heteroatoms. The number of halogens is 1. The topological polar surface area (TPSA) is 151 Å². The van der Waals surface area contributed by atoms with Crippen molar-refractivity contribution in [2.24, 2.45) is 0 Å². The van der Waals surface area contributed by atoms with Crippen molar-refractivity contribution in [2.75, 3.05) is 7.05 Å². The van der Waals surface area contributed by atoms with E-state index in [1.54, 1.807) is 26.1 Å². The molecule has 0 fully saturated rings. The van der Waals surface area contributed by atoms with Crippen LogP contribution < -0.4 is 5.32 Å². The van der Waals surface area contributed by atoms with Crippen LogP contribution in [0.2, 0.25) is 0 Å². The molecule has 0 atom stereocenters. The van der Waals surface area contributed by atoms with Crippen molar-refractivity contribution in [3.05, 3.63) is 78.0 Å². The lowest BCUT2D eigenvalue weighted by Crippen LogP contribution is -2.12. The van der Waals surface area contributed by atoms with Crippen LogP contribution >= 0.6 is 0 Å². The smallest absolute Gasteiger partial charge is 0.328 e. The van der Waals surface area contributed by atoms with Crippen LogP contribution in [0.15, 0.2) is 70.9 Å². The molecule has 3 rings (SSSR count). The molecule has 0 aliphatic carbocycles. The first-order chi connectivity index (χ1) is 15.6. The van der Waals surface area contributed by atoms with Crippen LogP contribution in [0.1, 0.15) is 11.3 Å². The molecule has 2 heterocycles. The Morgan fingerprint density at radius 1 is 1.15 bits per heavy atom. The largest absolute Gasteiger partial charge is 0.478 e. The van der Waals surface area contributed by atoms with Gasteiger partial charge < -0.3 is 15.5 Å². The Bertz CT molecular complexity index is 1260. The van der Waals surface area contributed by atoms with E-state index in [1.165, 1.54) is 41.3 Å². The number of hydrogen-bond donors (Lipinski definition) is 3. The maximum atomic E-state index is 14.0. The Morgan fingerprint density at radius 3 is 2.36 bits per heavy atom. The van der Waals surface area contributed by atoms with Crippen molar-refractivity contribution < 1.29 is 32.6 Å². The molecule has 3 N–H and O–H groups in total. The summed E-state index contributed by atoms with van der Waals surface area (Å²) in [5, 5.41) is 22.9. The fraction of sp³-hybridized carbons (Fsp3) is 0.143. The lowest BCUT2D eigenvalue weighted by Gasteiger charge is -2.11. The zero-order valence-corrected chi connectivity index (χ0v) is 18.5. The molecule has 0 bridgehead atoms. The first-order valence-corrected chi connectivity index (χ1v) is 10.8. The van der Waals surface area contributed by atoms with E-state index in [-0.39, 0.29) is 9.92 Å². The van der Waals surface area contributed by atoms with Gasteiger partial charge in [0.25, 0.3) is 0 Å². The molecular formula is C21H21FN4O6S. The summed E-state index contributed by atoms with van der Waals surface area (Å²) < 4.78 is 41.3. The summed E-state index contributed by atoms with van der Waals surface area (Å²) in [5.74, 6) is -2.94. The van der Waals surface area contributed by atoms with Gasteiger partial charge in [-0.15, -0.1) is 0 Å². The highest BCUT2D eigenvalue weighted by Gasteiger charge is 2.26. The third kappa shape index (κ3) is 6.54. The second kappa shape index (κ2) is 11.1. The molecule has 0 amide bonds. The van der Waals surface area contributed by atoms with Crippen LogP contribution in [0.4, 0.5) is 4.39 Å². The van der Waals surface area contributed by atoms with Crippen LogP contribution in [0, 0.1) is 12.7 Å². The maximum absolute atomic E-state index is 14.0. The Hall–Kier alpha value is -3.90. The molecule has 0 saturated heterocycles. The minimum absolute atomic E-state index is 0.0283. The zero-order chi connectivity index (χ0) is 24.6. The van der Waals surface area contributed by atoms with Crippen LogP contribution in [0.5, 0.6) is 0 Å². The minimum Gasteiger partial charge on any atom is -0.478 e. The summed E-state index contributed by atoms with van der Waals surface area (Å²) in [6.07, 6.45) is 3.90. The minimum atomic E-state index is -3.86. The average molecular weight is 476 g/mol. The van der Waals surface area contributed by atoms with Gasteiger partial charge in [-0.1, -0.05) is 6.07 Å². The first-order valence-electron chi connectivity index (χ1n) is 9.36. The van der Waals surface area contributed by atoms with Crippen molar-refractivity contribution in [3.63, 3.8) is 0 Å². The van der Waals surface area contributed by atoms with E-state index in [0.29, 0.717) is 35.6 Å². The summed E-state index contributed by atoms with van der Waals surface area (Å²) in [7, 11) is -2.12. The molecule has 174 valence electrons. The number of pyridine rings is 1. The number of rotatable bonds is 7. The highest BCUT2D eigenvalue weighted by molar-refractivity contribution is 7.91. The van der Waals surface area contributed by atoms with E-state index in [4.69, 9.17) is 10.2 Å². The van der Waals surface area contributed by atoms with Crippen molar-refractivity contribution in [1.29, 1.82) is 0 Å². The number of sulfone groups is 1. The van der Waals surface area contributed by atoms with Gasteiger partial charge in [-0.2, -0.15) is 5.10 Å². The molecule has 2 aromatic heterocycles. The highest BCUT2D eigenvalue weighted by Crippen LogP contribution is 2.26.